The first kappa shape index (κ1) is 9.33. The average Bonchev–Trinajstić information content (AvgIpc) is 2.53. The van der Waals surface area contributed by atoms with Crippen molar-refractivity contribution >= 4 is 11.8 Å². The third-order valence-corrected chi connectivity index (χ3v) is 3.11. The predicted molar refractivity (Wildman–Crippen MR) is 54.0 cm³/mol. The van der Waals surface area contributed by atoms with Gasteiger partial charge in [-0.1, -0.05) is 11.8 Å². The molecule has 0 aromatic carbocycles. The van der Waals surface area contributed by atoms with Crippen LogP contribution in [0.1, 0.15) is 0 Å². The maximum Gasteiger partial charge on any atom is 0.127 e. The SMILES string of the molecule is NC1NC=C(CN2CCOCC2)S1. The highest BCUT2D eigenvalue weighted by atomic mass is 32.2. The topological polar surface area (TPSA) is 50.5 Å². The Morgan fingerprint density at radius 3 is 3.00 bits per heavy atom. The smallest absolute Gasteiger partial charge is 0.127 e. The fourth-order valence-corrected chi connectivity index (χ4v) is 2.32. The number of nitrogens with one attached hydrogen (secondary N) is 1. The molecule has 1 fully saturated rings. The van der Waals surface area contributed by atoms with E-state index in [1.165, 1.54) is 4.91 Å². The van der Waals surface area contributed by atoms with E-state index in [1.807, 2.05) is 6.20 Å². The number of thioether (sulfide) groups is 1. The third kappa shape index (κ3) is 2.60. The Kier molecular flexibility index (Phi) is 3.10. The molecule has 0 amide bonds. The van der Waals surface area contributed by atoms with Crippen LogP contribution in [-0.2, 0) is 4.74 Å². The Labute approximate surface area is 82.5 Å². The van der Waals surface area contributed by atoms with Crippen molar-refractivity contribution in [2.75, 3.05) is 32.8 Å². The first-order valence-electron chi connectivity index (χ1n) is 4.52. The molecule has 74 valence electrons. The molecule has 0 bridgehead atoms. The minimum absolute atomic E-state index is 0.0519. The monoisotopic (exact) mass is 201 g/mol. The lowest BCUT2D eigenvalue weighted by atomic mass is 10.4. The van der Waals surface area contributed by atoms with Crippen LogP contribution in [0.3, 0.4) is 0 Å². The van der Waals surface area contributed by atoms with Crippen LogP contribution in [0.15, 0.2) is 11.1 Å². The number of nitrogens with zero attached hydrogens (tertiary/aromatic N) is 1. The molecule has 4 nitrogen and oxygen atoms in total. The van der Waals surface area contributed by atoms with Gasteiger partial charge in [-0.05, 0) is 0 Å². The molecule has 3 N–H and O–H groups in total. The molecule has 1 atom stereocenters. The molecular formula is C8H15N3OS. The molecule has 0 aliphatic carbocycles. The Hall–Kier alpha value is -0.230. The summed E-state index contributed by atoms with van der Waals surface area (Å²) < 4.78 is 5.28. The Morgan fingerprint density at radius 1 is 1.62 bits per heavy atom. The lowest BCUT2D eigenvalue weighted by Gasteiger charge is -2.26. The summed E-state index contributed by atoms with van der Waals surface area (Å²) in [5.41, 5.74) is 5.74. The number of nitrogens with two attached hydrogens (primary N) is 1. The van der Waals surface area contributed by atoms with Crippen molar-refractivity contribution in [1.29, 1.82) is 0 Å². The molecule has 0 radical (unpaired) electrons. The predicted octanol–water partition coefficient (Wildman–Crippen LogP) is -0.261. The second-order valence-corrected chi connectivity index (χ2v) is 4.47. The Bertz CT molecular complexity index is 204. The highest BCUT2D eigenvalue weighted by Crippen LogP contribution is 2.23. The van der Waals surface area contributed by atoms with Crippen LogP contribution in [-0.4, -0.2) is 43.2 Å². The van der Waals surface area contributed by atoms with E-state index in [1.54, 1.807) is 11.8 Å². The van der Waals surface area contributed by atoms with Crippen LogP contribution in [0.25, 0.3) is 0 Å². The molecule has 1 unspecified atom stereocenters. The zero-order chi connectivity index (χ0) is 9.10. The second kappa shape index (κ2) is 4.32. The van der Waals surface area contributed by atoms with E-state index in [0.29, 0.717) is 0 Å². The van der Waals surface area contributed by atoms with E-state index in [9.17, 15) is 0 Å². The van der Waals surface area contributed by atoms with Gasteiger partial charge in [0.05, 0.1) is 13.2 Å². The second-order valence-electron chi connectivity index (χ2n) is 3.20. The van der Waals surface area contributed by atoms with E-state index in [-0.39, 0.29) is 5.50 Å². The zero-order valence-corrected chi connectivity index (χ0v) is 8.35. The van der Waals surface area contributed by atoms with Crippen molar-refractivity contribution in [2.45, 2.75) is 5.50 Å². The largest absolute Gasteiger partial charge is 0.379 e. The molecule has 2 aliphatic heterocycles. The third-order valence-electron chi connectivity index (χ3n) is 2.17. The van der Waals surface area contributed by atoms with Crippen LogP contribution in [0.2, 0.25) is 0 Å². The summed E-state index contributed by atoms with van der Waals surface area (Å²) in [6.07, 6.45) is 2.02. The lowest BCUT2D eigenvalue weighted by molar-refractivity contribution is 0.0431. The molecule has 2 aliphatic rings. The summed E-state index contributed by atoms with van der Waals surface area (Å²) >= 11 is 1.70. The molecule has 2 rings (SSSR count). The number of ether oxygens (including phenoxy) is 1. The van der Waals surface area contributed by atoms with Crippen LogP contribution < -0.4 is 11.1 Å². The number of morpholine rings is 1. The van der Waals surface area contributed by atoms with Crippen LogP contribution in [0.4, 0.5) is 0 Å². The summed E-state index contributed by atoms with van der Waals surface area (Å²) in [4.78, 5) is 3.72. The minimum Gasteiger partial charge on any atom is -0.379 e. The van der Waals surface area contributed by atoms with Gasteiger partial charge in [-0.15, -0.1) is 0 Å². The fourth-order valence-electron chi connectivity index (χ4n) is 1.47. The van der Waals surface area contributed by atoms with Gasteiger partial charge in [-0.25, -0.2) is 0 Å². The summed E-state index contributed by atoms with van der Waals surface area (Å²) in [6, 6.07) is 0. The van der Waals surface area contributed by atoms with Gasteiger partial charge in [-0.2, -0.15) is 0 Å². The van der Waals surface area contributed by atoms with E-state index in [2.05, 4.69) is 10.2 Å². The minimum atomic E-state index is 0.0519. The van der Waals surface area contributed by atoms with Crippen molar-refractivity contribution in [3.63, 3.8) is 0 Å². The molecule has 1 saturated heterocycles. The highest BCUT2D eigenvalue weighted by Gasteiger charge is 2.17. The highest BCUT2D eigenvalue weighted by molar-refractivity contribution is 8.03. The van der Waals surface area contributed by atoms with Crippen LogP contribution in [0.5, 0.6) is 0 Å². The van der Waals surface area contributed by atoms with Gasteiger partial charge in [-0.3, -0.25) is 4.90 Å². The Morgan fingerprint density at radius 2 is 2.38 bits per heavy atom. The fraction of sp³-hybridized carbons (Fsp3) is 0.750. The number of hydrogen-bond acceptors (Lipinski definition) is 5. The molecule has 0 spiro atoms. The van der Waals surface area contributed by atoms with E-state index >= 15 is 0 Å². The standard InChI is InChI=1S/C8H15N3OS/c9-8-10-5-7(13-8)6-11-1-3-12-4-2-11/h5,8,10H,1-4,6,9H2. The molecule has 13 heavy (non-hydrogen) atoms. The quantitative estimate of drug-likeness (QED) is 0.644. The van der Waals surface area contributed by atoms with Crippen molar-refractivity contribution < 1.29 is 4.74 Å². The van der Waals surface area contributed by atoms with Gasteiger partial charge < -0.3 is 15.8 Å². The summed E-state index contributed by atoms with van der Waals surface area (Å²) in [5, 5.41) is 3.08. The Balaban J connectivity index is 1.77. The summed E-state index contributed by atoms with van der Waals surface area (Å²) in [7, 11) is 0. The van der Waals surface area contributed by atoms with E-state index < -0.39 is 0 Å². The van der Waals surface area contributed by atoms with Crippen molar-refractivity contribution in [2.24, 2.45) is 5.73 Å². The molecule has 2 heterocycles. The molecule has 0 saturated carbocycles. The zero-order valence-electron chi connectivity index (χ0n) is 7.53. The van der Waals surface area contributed by atoms with Gasteiger partial charge in [0, 0.05) is 30.7 Å². The number of hydrogen-bond donors (Lipinski definition) is 2. The summed E-state index contributed by atoms with van der Waals surface area (Å²) in [5.74, 6) is 0. The first-order valence-corrected chi connectivity index (χ1v) is 5.40. The molecular weight excluding hydrogens is 186 g/mol. The van der Waals surface area contributed by atoms with Crippen molar-refractivity contribution in [3.05, 3.63) is 11.1 Å². The lowest BCUT2D eigenvalue weighted by Crippen LogP contribution is -2.37. The number of rotatable bonds is 2. The van der Waals surface area contributed by atoms with Gasteiger partial charge in [0.25, 0.3) is 0 Å². The summed E-state index contributed by atoms with van der Waals surface area (Å²) in [6.45, 7) is 4.80. The average molecular weight is 201 g/mol. The van der Waals surface area contributed by atoms with Crippen LogP contribution in [0, 0.1) is 0 Å². The maximum absolute atomic E-state index is 5.69. The first-order chi connectivity index (χ1) is 6.34. The van der Waals surface area contributed by atoms with Crippen molar-refractivity contribution in [3.8, 4) is 0 Å². The van der Waals surface area contributed by atoms with Gasteiger partial charge in [0.1, 0.15) is 5.50 Å². The van der Waals surface area contributed by atoms with Gasteiger partial charge in [0.2, 0.25) is 0 Å². The van der Waals surface area contributed by atoms with Crippen LogP contribution >= 0.6 is 11.8 Å². The van der Waals surface area contributed by atoms with E-state index in [4.69, 9.17) is 10.5 Å². The van der Waals surface area contributed by atoms with Gasteiger partial charge >= 0.3 is 0 Å². The van der Waals surface area contributed by atoms with Crippen molar-refractivity contribution in [1.82, 2.24) is 10.2 Å². The molecule has 0 aromatic heterocycles. The van der Waals surface area contributed by atoms with Gasteiger partial charge in [0.15, 0.2) is 0 Å². The normalized spacial score (nSPS) is 29.9. The molecule has 0 aromatic rings. The van der Waals surface area contributed by atoms with E-state index in [0.717, 1.165) is 32.8 Å². The maximum atomic E-state index is 5.69. The molecule has 5 heteroatoms.